The zero-order valence-electron chi connectivity index (χ0n) is 11.6. The average molecular weight is 284 g/mol. The summed E-state index contributed by atoms with van der Waals surface area (Å²) in [5.74, 6) is -0.606. The zero-order valence-corrected chi connectivity index (χ0v) is 11.6. The number of carbonyl (C=O) groups is 2. The largest absolute Gasteiger partial charge is 0.483 e. The molecule has 4 N–H and O–H groups in total. The van der Waals surface area contributed by atoms with Gasteiger partial charge in [-0.25, -0.2) is 0 Å². The van der Waals surface area contributed by atoms with Crippen LogP contribution in [-0.4, -0.2) is 18.4 Å². The molecule has 0 aliphatic heterocycles. The van der Waals surface area contributed by atoms with Crippen LogP contribution in [-0.2, 0) is 4.79 Å². The highest BCUT2D eigenvalue weighted by Gasteiger charge is 2.14. The van der Waals surface area contributed by atoms with E-state index in [9.17, 15) is 9.59 Å². The Hall–Kier alpha value is -2.82. The van der Waals surface area contributed by atoms with Gasteiger partial charge in [0.05, 0.1) is 0 Å². The Bertz CT molecular complexity index is 696. The molecule has 0 saturated carbocycles. The van der Waals surface area contributed by atoms with Crippen molar-refractivity contribution in [2.75, 3.05) is 6.61 Å². The van der Waals surface area contributed by atoms with E-state index < -0.39 is 11.8 Å². The topological polar surface area (TPSA) is 95.4 Å². The summed E-state index contributed by atoms with van der Waals surface area (Å²) >= 11 is 0. The van der Waals surface area contributed by atoms with E-state index in [1.54, 1.807) is 24.3 Å². The van der Waals surface area contributed by atoms with Crippen LogP contribution >= 0.6 is 0 Å². The number of aryl methyl sites for hydroxylation is 1. The van der Waals surface area contributed by atoms with Gasteiger partial charge in [0.1, 0.15) is 5.75 Å². The molecule has 5 nitrogen and oxygen atoms in total. The molecule has 0 atom stereocenters. The van der Waals surface area contributed by atoms with Crippen molar-refractivity contribution in [3.8, 4) is 16.9 Å². The maximum atomic E-state index is 11.6. The fraction of sp³-hybridized carbons (Fsp3) is 0.125. The van der Waals surface area contributed by atoms with Crippen LogP contribution in [0.4, 0.5) is 0 Å². The van der Waals surface area contributed by atoms with Gasteiger partial charge in [0, 0.05) is 11.1 Å². The van der Waals surface area contributed by atoms with Gasteiger partial charge in [-0.3, -0.25) is 9.59 Å². The summed E-state index contributed by atoms with van der Waals surface area (Å²) in [5, 5.41) is 0. The first-order valence-corrected chi connectivity index (χ1v) is 6.40. The van der Waals surface area contributed by atoms with Gasteiger partial charge >= 0.3 is 0 Å². The lowest BCUT2D eigenvalue weighted by Crippen LogP contribution is -2.20. The molecule has 0 aliphatic rings. The minimum atomic E-state index is -0.565. The van der Waals surface area contributed by atoms with Gasteiger partial charge in [-0.15, -0.1) is 0 Å². The van der Waals surface area contributed by atoms with E-state index in [2.05, 4.69) is 0 Å². The maximum Gasteiger partial charge on any atom is 0.255 e. The van der Waals surface area contributed by atoms with Gasteiger partial charge in [-0.1, -0.05) is 29.8 Å². The minimum Gasteiger partial charge on any atom is -0.483 e. The van der Waals surface area contributed by atoms with Crippen molar-refractivity contribution in [3.63, 3.8) is 0 Å². The van der Waals surface area contributed by atoms with Crippen LogP contribution in [0.2, 0.25) is 0 Å². The molecule has 2 aromatic rings. The second kappa shape index (κ2) is 6.09. The molecular formula is C16H16N2O3. The third kappa shape index (κ3) is 3.39. The summed E-state index contributed by atoms with van der Waals surface area (Å²) in [4.78, 5) is 22.5. The van der Waals surface area contributed by atoms with Crippen molar-refractivity contribution in [2.45, 2.75) is 6.92 Å². The first-order valence-electron chi connectivity index (χ1n) is 6.40. The van der Waals surface area contributed by atoms with E-state index in [0.717, 1.165) is 5.56 Å². The summed E-state index contributed by atoms with van der Waals surface area (Å²) in [5.41, 5.74) is 13.3. The second-order valence-corrected chi connectivity index (χ2v) is 4.66. The molecule has 2 aromatic carbocycles. The van der Waals surface area contributed by atoms with E-state index in [0.29, 0.717) is 22.4 Å². The van der Waals surface area contributed by atoms with Crippen molar-refractivity contribution >= 4 is 11.8 Å². The number of hydrogen-bond acceptors (Lipinski definition) is 3. The lowest BCUT2D eigenvalue weighted by molar-refractivity contribution is -0.119. The van der Waals surface area contributed by atoms with Crippen molar-refractivity contribution in [2.24, 2.45) is 11.5 Å². The van der Waals surface area contributed by atoms with Crippen LogP contribution in [0, 0.1) is 6.92 Å². The normalized spacial score (nSPS) is 10.1. The second-order valence-electron chi connectivity index (χ2n) is 4.66. The number of primary amides is 2. The number of nitrogens with two attached hydrogens (primary N) is 2. The van der Waals surface area contributed by atoms with Gasteiger partial charge in [0.25, 0.3) is 5.91 Å². The molecule has 2 rings (SSSR count). The smallest absolute Gasteiger partial charge is 0.255 e. The zero-order chi connectivity index (χ0) is 15.4. The lowest BCUT2D eigenvalue weighted by atomic mass is 9.97. The molecule has 0 bridgehead atoms. The standard InChI is InChI=1S/C16H16N2O3/c1-10-6-7-14(21-9-15(17)19)13(8-10)11-4-2-3-5-12(11)16(18)20/h2-8H,9H2,1H3,(H2,17,19)(H2,18,20). The Labute approximate surface area is 122 Å². The fourth-order valence-corrected chi connectivity index (χ4v) is 2.06. The summed E-state index contributed by atoms with van der Waals surface area (Å²) < 4.78 is 5.42. The first-order chi connectivity index (χ1) is 9.99. The van der Waals surface area contributed by atoms with Crippen LogP contribution < -0.4 is 16.2 Å². The van der Waals surface area contributed by atoms with Gasteiger partial charge < -0.3 is 16.2 Å². The van der Waals surface area contributed by atoms with Crippen LogP contribution in [0.3, 0.4) is 0 Å². The predicted molar refractivity (Wildman–Crippen MR) is 79.8 cm³/mol. The van der Waals surface area contributed by atoms with Crippen molar-refractivity contribution < 1.29 is 14.3 Å². The van der Waals surface area contributed by atoms with Crippen LogP contribution in [0.15, 0.2) is 42.5 Å². The number of amides is 2. The molecule has 0 saturated heterocycles. The summed E-state index contributed by atoms with van der Waals surface area (Å²) in [6, 6.07) is 12.4. The molecule has 0 spiro atoms. The molecule has 5 heteroatoms. The molecule has 0 unspecified atom stereocenters. The Balaban J connectivity index is 2.54. The average Bonchev–Trinajstić information content (AvgIpc) is 2.45. The van der Waals surface area contributed by atoms with E-state index >= 15 is 0 Å². The Morgan fingerprint density at radius 1 is 1.05 bits per heavy atom. The number of benzene rings is 2. The van der Waals surface area contributed by atoms with E-state index in [1.807, 2.05) is 25.1 Å². The molecule has 108 valence electrons. The molecule has 0 aliphatic carbocycles. The number of hydrogen-bond donors (Lipinski definition) is 2. The van der Waals surface area contributed by atoms with Gasteiger partial charge in [-0.2, -0.15) is 0 Å². The molecular weight excluding hydrogens is 268 g/mol. The Kier molecular flexibility index (Phi) is 4.23. The monoisotopic (exact) mass is 284 g/mol. The first kappa shape index (κ1) is 14.6. The third-order valence-corrected chi connectivity index (χ3v) is 2.99. The highest BCUT2D eigenvalue weighted by molar-refractivity contribution is 6.00. The number of rotatable bonds is 5. The summed E-state index contributed by atoms with van der Waals surface area (Å²) in [7, 11) is 0. The van der Waals surface area contributed by atoms with Crippen molar-refractivity contribution in [1.29, 1.82) is 0 Å². The van der Waals surface area contributed by atoms with E-state index in [1.165, 1.54) is 0 Å². The van der Waals surface area contributed by atoms with Gasteiger partial charge in [0.2, 0.25) is 5.91 Å². The van der Waals surface area contributed by atoms with Crippen LogP contribution in [0.1, 0.15) is 15.9 Å². The van der Waals surface area contributed by atoms with Crippen molar-refractivity contribution in [3.05, 3.63) is 53.6 Å². The molecule has 0 aromatic heterocycles. The van der Waals surface area contributed by atoms with Gasteiger partial charge in [0.15, 0.2) is 6.61 Å². The SMILES string of the molecule is Cc1ccc(OCC(N)=O)c(-c2ccccc2C(N)=O)c1. The highest BCUT2D eigenvalue weighted by Crippen LogP contribution is 2.33. The number of ether oxygens (including phenoxy) is 1. The number of carbonyl (C=O) groups excluding carboxylic acids is 2. The third-order valence-electron chi connectivity index (χ3n) is 2.99. The maximum absolute atomic E-state index is 11.6. The van der Waals surface area contributed by atoms with E-state index in [4.69, 9.17) is 16.2 Å². The van der Waals surface area contributed by atoms with Gasteiger partial charge in [-0.05, 0) is 30.7 Å². The van der Waals surface area contributed by atoms with Crippen molar-refractivity contribution in [1.82, 2.24) is 0 Å². The fourth-order valence-electron chi connectivity index (χ4n) is 2.06. The lowest BCUT2D eigenvalue weighted by Gasteiger charge is -2.13. The Morgan fingerprint density at radius 3 is 2.43 bits per heavy atom. The summed E-state index contributed by atoms with van der Waals surface area (Å²) in [6.07, 6.45) is 0. The molecule has 2 amide bonds. The highest BCUT2D eigenvalue weighted by atomic mass is 16.5. The minimum absolute atomic E-state index is 0.227. The Morgan fingerprint density at radius 2 is 1.76 bits per heavy atom. The molecule has 0 radical (unpaired) electrons. The van der Waals surface area contributed by atoms with E-state index in [-0.39, 0.29) is 6.61 Å². The molecule has 0 heterocycles. The molecule has 21 heavy (non-hydrogen) atoms. The predicted octanol–water partition coefficient (Wildman–Crippen LogP) is 1.63. The summed E-state index contributed by atoms with van der Waals surface area (Å²) in [6.45, 7) is 1.70. The molecule has 0 fully saturated rings. The quantitative estimate of drug-likeness (QED) is 0.873. The van der Waals surface area contributed by atoms with Crippen LogP contribution in [0.5, 0.6) is 5.75 Å². The van der Waals surface area contributed by atoms with Crippen LogP contribution in [0.25, 0.3) is 11.1 Å².